The summed E-state index contributed by atoms with van der Waals surface area (Å²) in [6, 6.07) is 20.1. The molecule has 0 saturated heterocycles. The number of hydrogen-bond acceptors (Lipinski definition) is 2. The van der Waals surface area contributed by atoms with Crippen LogP contribution in [0.25, 0.3) is 10.8 Å². The Hall–Kier alpha value is -2.66. The average Bonchev–Trinajstić information content (AvgIpc) is 2.59. The lowest BCUT2D eigenvalue weighted by molar-refractivity contribution is 0.0846. The van der Waals surface area contributed by atoms with Gasteiger partial charge in [0, 0.05) is 15.6 Å². The van der Waals surface area contributed by atoms with Gasteiger partial charge in [0.2, 0.25) is 0 Å². The van der Waals surface area contributed by atoms with Gasteiger partial charge in [-0.15, -0.1) is 0 Å². The molecule has 0 aromatic heterocycles. The monoisotopic (exact) mass is 368 g/mol. The molecule has 0 aliphatic carbocycles. The molecule has 5 heteroatoms. The third kappa shape index (κ3) is 3.57. The summed E-state index contributed by atoms with van der Waals surface area (Å²) in [4.78, 5) is 24.2. The lowest BCUT2D eigenvalue weighted by Crippen LogP contribution is -2.41. The molecule has 2 N–H and O–H groups in total. The Kier molecular flexibility index (Phi) is 4.39. The van der Waals surface area contributed by atoms with Crippen LogP contribution in [0.3, 0.4) is 0 Å². The first-order chi connectivity index (χ1) is 11.1. The third-order valence-electron chi connectivity index (χ3n) is 3.39. The molecule has 0 fully saturated rings. The smallest absolute Gasteiger partial charge is 0.267 e. The Balaban J connectivity index is 1.69. The van der Waals surface area contributed by atoms with Gasteiger partial charge in [-0.1, -0.05) is 52.3 Å². The second-order valence-corrected chi connectivity index (χ2v) is 5.90. The SMILES string of the molecule is O=C(NNC(=O)c1ccc2ccccc2c1)c1cccc(Br)c1. The molecule has 0 atom stereocenters. The Morgan fingerprint density at radius 2 is 1.35 bits per heavy atom. The van der Waals surface area contributed by atoms with E-state index in [9.17, 15) is 9.59 Å². The molecule has 3 aromatic rings. The molecule has 0 bridgehead atoms. The van der Waals surface area contributed by atoms with Crippen molar-refractivity contribution < 1.29 is 9.59 Å². The number of halogens is 1. The van der Waals surface area contributed by atoms with Crippen LogP contribution < -0.4 is 10.9 Å². The fourth-order valence-electron chi connectivity index (χ4n) is 2.22. The van der Waals surface area contributed by atoms with Gasteiger partial charge in [-0.25, -0.2) is 0 Å². The molecule has 0 unspecified atom stereocenters. The van der Waals surface area contributed by atoms with Crippen LogP contribution >= 0.6 is 15.9 Å². The Bertz CT molecular complexity index is 893. The predicted molar refractivity (Wildman–Crippen MR) is 93.0 cm³/mol. The molecule has 23 heavy (non-hydrogen) atoms. The topological polar surface area (TPSA) is 58.2 Å². The zero-order valence-electron chi connectivity index (χ0n) is 12.0. The fraction of sp³-hybridized carbons (Fsp3) is 0. The highest BCUT2D eigenvalue weighted by Gasteiger charge is 2.09. The van der Waals surface area contributed by atoms with E-state index in [1.54, 1.807) is 30.3 Å². The van der Waals surface area contributed by atoms with Crippen molar-refractivity contribution in [1.29, 1.82) is 0 Å². The minimum atomic E-state index is -0.375. The van der Waals surface area contributed by atoms with E-state index in [2.05, 4.69) is 26.8 Å². The van der Waals surface area contributed by atoms with E-state index in [4.69, 9.17) is 0 Å². The quantitative estimate of drug-likeness (QED) is 0.677. The van der Waals surface area contributed by atoms with E-state index < -0.39 is 0 Å². The maximum atomic E-state index is 12.2. The molecule has 3 rings (SSSR count). The van der Waals surface area contributed by atoms with Gasteiger partial charge < -0.3 is 0 Å². The number of rotatable bonds is 2. The molecular weight excluding hydrogens is 356 g/mol. The molecular formula is C18H13BrN2O2. The van der Waals surface area contributed by atoms with Gasteiger partial charge >= 0.3 is 0 Å². The Labute approximate surface area is 141 Å². The summed E-state index contributed by atoms with van der Waals surface area (Å²) in [5, 5.41) is 2.03. The fourth-order valence-corrected chi connectivity index (χ4v) is 2.62. The lowest BCUT2D eigenvalue weighted by atomic mass is 10.1. The van der Waals surface area contributed by atoms with Gasteiger partial charge in [0.05, 0.1) is 0 Å². The van der Waals surface area contributed by atoms with Gasteiger partial charge in [0.25, 0.3) is 11.8 Å². The molecule has 3 aromatic carbocycles. The molecule has 0 aliphatic heterocycles. The minimum absolute atomic E-state index is 0.362. The molecule has 0 aliphatic rings. The number of hydrogen-bond donors (Lipinski definition) is 2. The molecule has 0 saturated carbocycles. The van der Waals surface area contributed by atoms with Crippen LogP contribution in [-0.4, -0.2) is 11.8 Å². The molecule has 4 nitrogen and oxygen atoms in total. The van der Waals surface area contributed by atoms with Crippen molar-refractivity contribution in [3.8, 4) is 0 Å². The van der Waals surface area contributed by atoms with Crippen LogP contribution in [0.15, 0.2) is 71.2 Å². The van der Waals surface area contributed by atoms with Crippen LogP contribution in [0.2, 0.25) is 0 Å². The number of hydrazine groups is 1. The first-order valence-corrected chi connectivity index (χ1v) is 7.78. The van der Waals surface area contributed by atoms with E-state index in [0.29, 0.717) is 11.1 Å². The standard InChI is InChI=1S/C18H13BrN2O2/c19-16-7-3-6-14(11-16)17(22)20-21-18(23)15-9-8-12-4-1-2-5-13(12)10-15/h1-11H,(H,20,22)(H,21,23). The summed E-state index contributed by atoms with van der Waals surface area (Å²) in [6.07, 6.45) is 0. The van der Waals surface area contributed by atoms with E-state index in [-0.39, 0.29) is 11.8 Å². The van der Waals surface area contributed by atoms with Crippen LogP contribution in [0.5, 0.6) is 0 Å². The van der Waals surface area contributed by atoms with E-state index >= 15 is 0 Å². The van der Waals surface area contributed by atoms with E-state index in [1.807, 2.05) is 36.4 Å². The summed E-state index contributed by atoms with van der Waals surface area (Å²) in [5.41, 5.74) is 5.78. The first-order valence-electron chi connectivity index (χ1n) is 6.98. The van der Waals surface area contributed by atoms with Crippen LogP contribution in [-0.2, 0) is 0 Å². The number of fused-ring (bicyclic) bond motifs is 1. The number of carbonyl (C=O) groups is 2. The van der Waals surface area contributed by atoms with Gasteiger partial charge in [-0.3, -0.25) is 20.4 Å². The van der Waals surface area contributed by atoms with Crippen molar-refractivity contribution in [3.63, 3.8) is 0 Å². The number of amides is 2. The van der Waals surface area contributed by atoms with Crippen molar-refractivity contribution in [2.45, 2.75) is 0 Å². The number of nitrogens with one attached hydrogen (secondary N) is 2. The number of carbonyl (C=O) groups excluding carboxylic acids is 2. The van der Waals surface area contributed by atoms with Crippen molar-refractivity contribution in [2.75, 3.05) is 0 Å². The predicted octanol–water partition coefficient (Wildman–Crippen LogP) is 3.68. The molecule has 0 spiro atoms. The minimum Gasteiger partial charge on any atom is -0.267 e. The molecule has 0 heterocycles. The van der Waals surface area contributed by atoms with Gasteiger partial charge in [0.1, 0.15) is 0 Å². The second-order valence-electron chi connectivity index (χ2n) is 4.98. The highest BCUT2D eigenvalue weighted by molar-refractivity contribution is 9.10. The van der Waals surface area contributed by atoms with E-state index in [0.717, 1.165) is 15.2 Å². The normalized spacial score (nSPS) is 10.3. The zero-order chi connectivity index (χ0) is 16.2. The molecule has 114 valence electrons. The van der Waals surface area contributed by atoms with Crippen LogP contribution in [0, 0.1) is 0 Å². The lowest BCUT2D eigenvalue weighted by Gasteiger charge is -2.08. The summed E-state index contributed by atoms with van der Waals surface area (Å²) < 4.78 is 0.797. The molecule has 0 radical (unpaired) electrons. The van der Waals surface area contributed by atoms with Gasteiger partial charge in [-0.05, 0) is 41.1 Å². The Morgan fingerprint density at radius 1 is 0.696 bits per heavy atom. The van der Waals surface area contributed by atoms with Crippen molar-refractivity contribution in [1.82, 2.24) is 10.9 Å². The maximum Gasteiger partial charge on any atom is 0.269 e. The van der Waals surface area contributed by atoms with Crippen molar-refractivity contribution >= 4 is 38.5 Å². The second kappa shape index (κ2) is 6.62. The van der Waals surface area contributed by atoms with E-state index in [1.165, 1.54) is 0 Å². The zero-order valence-corrected chi connectivity index (χ0v) is 13.6. The highest BCUT2D eigenvalue weighted by Crippen LogP contribution is 2.15. The maximum absolute atomic E-state index is 12.2. The van der Waals surface area contributed by atoms with Gasteiger partial charge in [0.15, 0.2) is 0 Å². The van der Waals surface area contributed by atoms with Gasteiger partial charge in [-0.2, -0.15) is 0 Å². The average molecular weight is 369 g/mol. The summed E-state index contributed by atoms with van der Waals surface area (Å²) in [5.74, 6) is -0.737. The largest absolute Gasteiger partial charge is 0.269 e. The Morgan fingerprint density at radius 3 is 2.04 bits per heavy atom. The van der Waals surface area contributed by atoms with Crippen LogP contribution in [0.1, 0.15) is 20.7 Å². The van der Waals surface area contributed by atoms with Crippen molar-refractivity contribution in [3.05, 3.63) is 82.3 Å². The highest BCUT2D eigenvalue weighted by atomic mass is 79.9. The van der Waals surface area contributed by atoms with Crippen molar-refractivity contribution in [2.24, 2.45) is 0 Å². The van der Waals surface area contributed by atoms with Crippen LogP contribution in [0.4, 0.5) is 0 Å². The molecule has 2 amide bonds. The summed E-state index contributed by atoms with van der Waals surface area (Å²) in [6.45, 7) is 0. The summed E-state index contributed by atoms with van der Waals surface area (Å²) >= 11 is 3.30. The third-order valence-corrected chi connectivity index (χ3v) is 3.88. The summed E-state index contributed by atoms with van der Waals surface area (Å²) in [7, 11) is 0. The first kappa shape index (κ1) is 15.2. The number of benzene rings is 3.